The van der Waals surface area contributed by atoms with E-state index < -0.39 is 0 Å². The number of anilines is 2. The first-order valence-corrected chi connectivity index (χ1v) is 11.3. The summed E-state index contributed by atoms with van der Waals surface area (Å²) in [6.45, 7) is 9.70. The molecule has 2 fully saturated rings. The van der Waals surface area contributed by atoms with Crippen molar-refractivity contribution in [1.29, 1.82) is 0 Å². The Bertz CT molecular complexity index is 889. The van der Waals surface area contributed by atoms with Crippen molar-refractivity contribution in [3.05, 3.63) is 47.4 Å². The Kier molecular flexibility index (Phi) is 7.14. The number of piperidine rings is 1. The molecular formula is C24H33N5O2. The average Bonchev–Trinajstić information content (AvgIpc) is 2.78. The standard InChI is InChI=1S/C24H33N5O2/c1-18-4-3-5-23(26-18)27-21-16-19(2)25-22(17-21)20-6-9-28(10-7-20)11-8-24(30)29-12-14-31-15-13-29/h3-5,16-17,20H,6-15H2,1-2H3,(H,25,26,27). The molecule has 7 nitrogen and oxygen atoms in total. The molecule has 31 heavy (non-hydrogen) atoms. The Morgan fingerprint density at radius 1 is 1.06 bits per heavy atom. The quantitative estimate of drug-likeness (QED) is 0.769. The van der Waals surface area contributed by atoms with Crippen molar-refractivity contribution in [3.8, 4) is 0 Å². The second-order valence-corrected chi connectivity index (χ2v) is 8.57. The first-order valence-electron chi connectivity index (χ1n) is 11.3. The van der Waals surface area contributed by atoms with Gasteiger partial charge in [-0.25, -0.2) is 4.98 Å². The van der Waals surface area contributed by atoms with E-state index in [1.807, 2.05) is 36.9 Å². The lowest BCUT2D eigenvalue weighted by Crippen LogP contribution is -2.42. The Balaban J connectivity index is 1.30. The number of hydrogen-bond acceptors (Lipinski definition) is 6. The van der Waals surface area contributed by atoms with Crippen molar-refractivity contribution < 1.29 is 9.53 Å². The molecule has 0 radical (unpaired) electrons. The minimum atomic E-state index is 0.256. The lowest BCUT2D eigenvalue weighted by atomic mass is 9.92. The van der Waals surface area contributed by atoms with E-state index in [9.17, 15) is 4.79 Å². The number of carbonyl (C=O) groups excluding carboxylic acids is 1. The van der Waals surface area contributed by atoms with Crippen molar-refractivity contribution in [1.82, 2.24) is 19.8 Å². The third-order valence-electron chi connectivity index (χ3n) is 6.15. The summed E-state index contributed by atoms with van der Waals surface area (Å²) >= 11 is 0. The summed E-state index contributed by atoms with van der Waals surface area (Å²) in [6.07, 6.45) is 2.75. The Morgan fingerprint density at radius 3 is 2.58 bits per heavy atom. The number of nitrogens with one attached hydrogen (secondary N) is 1. The van der Waals surface area contributed by atoms with Crippen molar-refractivity contribution in [2.75, 3.05) is 51.3 Å². The van der Waals surface area contributed by atoms with E-state index in [-0.39, 0.29) is 5.91 Å². The number of rotatable bonds is 6. The fourth-order valence-corrected chi connectivity index (χ4v) is 4.41. The van der Waals surface area contributed by atoms with Crippen molar-refractivity contribution in [2.24, 2.45) is 0 Å². The minimum Gasteiger partial charge on any atom is -0.378 e. The molecular weight excluding hydrogens is 390 g/mol. The lowest BCUT2D eigenvalue weighted by molar-refractivity contribution is -0.135. The molecule has 2 aromatic heterocycles. The number of aromatic nitrogens is 2. The fourth-order valence-electron chi connectivity index (χ4n) is 4.41. The highest BCUT2D eigenvalue weighted by molar-refractivity contribution is 5.76. The van der Waals surface area contributed by atoms with E-state index in [1.54, 1.807) is 0 Å². The monoisotopic (exact) mass is 423 g/mol. The zero-order chi connectivity index (χ0) is 21.6. The number of ether oxygens (including phenoxy) is 1. The summed E-state index contributed by atoms with van der Waals surface area (Å²) in [5.74, 6) is 1.57. The van der Waals surface area contributed by atoms with Crippen LogP contribution in [0.2, 0.25) is 0 Å². The number of hydrogen-bond donors (Lipinski definition) is 1. The highest BCUT2D eigenvalue weighted by Gasteiger charge is 2.24. The summed E-state index contributed by atoms with van der Waals surface area (Å²) in [5, 5.41) is 3.43. The van der Waals surface area contributed by atoms with Crippen LogP contribution in [0.15, 0.2) is 30.3 Å². The lowest BCUT2D eigenvalue weighted by Gasteiger charge is -2.33. The third kappa shape index (κ3) is 6.02. The summed E-state index contributed by atoms with van der Waals surface area (Å²) in [6, 6.07) is 10.2. The van der Waals surface area contributed by atoms with Gasteiger partial charge in [0.15, 0.2) is 0 Å². The maximum absolute atomic E-state index is 12.4. The molecule has 1 N–H and O–H groups in total. The molecule has 0 saturated carbocycles. The van der Waals surface area contributed by atoms with Gasteiger partial charge in [0.05, 0.1) is 13.2 Å². The van der Waals surface area contributed by atoms with Gasteiger partial charge in [0.2, 0.25) is 5.91 Å². The molecule has 1 amide bonds. The summed E-state index contributed by atoms with van der Waals surface area (Å²) in [7, 11) is 0. The Labute approximate surface area is 184 Å². The van der Waals surface area contributed by atoms with Gasteiger partial charge in [0.25, 0.3) is 0 Å². The zero-order valence-corrected chi connectivity index (χ0v) is 18.6. The molecule has 2 aliphatic rings. The topological polar surface area (TPSA) is 70.6 Å². The average molecular weight is 424 g/mol. The molecule has 0 atom stereocenters. The second-order valence-electron chi connectivity index (χ2n) is 8.57. The van der Waals surface area contributed by atoms with E-state index >= 15 is 0 Å². The van der Waals surface area contributed by atoms with Crippen molar-refractivity contribution in [3.63, 3.8) is 0 Å². The van der Waals surface area contributed by atoms with Crippen LogP contribution < -0.4 is 5.32 Å². The van der Waals surface area contributed by atoms with Gasteiger partial charge < -0.3 is 19.9 Å². The highest BCUT2D eigenvalue weighted by atomic mass is 16.5. The van der Waals surface area contributed by atoms with Crippen LogP contribution >= 0.6 is 0 Å². The van der Waals surface area contributed by atoms with Gasteiger partial charge in [-0.05, 0) is 64.0 Å². The van der Waals surface area contributed by atoms with Gasteiger partial charge in [-0.3, -0.25) is 9.78 Å². The first kappa shape index (κ1) is 21.7. The number of amides is 1. The van der Waals surface area contributed by atoms with E-state index in [0.29, 0.717) is 25.6 Å². The molecule has 4 rings (SSSR count). The van der Waals surface area contributed by atoms with E-state index in [4.69, 9.17) is 9.72 Å². The van der Waals surface area contributed by atoms with Gasteiger partial charge in [0, 0.05) is 54.7 Å². The van der Waals surface area contributed by atoms with Crippen LogP contribution in [0.1, 0.15) is 42.3 Å². The molecule has 0 unspecified atom stereocenters. The maximum Gasteiger partial charge on any atom is 0.224 e. The first-order chi connectivity index (χ1) is 15.1. The number of aryl methyl sites for hydroxylation is 2. The molecule has 0 aromatic carbocycles. The van der Waals surface area contributed by atoms with Crippen LogP contribution in [0.4, 0.5) is 11.5 Å². The normalized spacial score (nSPS) is 18.2. The smallest absolute Gasteiger partial charge is 0.224 e. The largest absolute Gasteiger partial charge is 0.378 e. The molecule has 2 aromatic rings. The van der Waals surface area contributed by atoms with Crippen LogP contribution in [-0.2, 0) is 9.53 Å². The summed E-state index contributed by atoms with van der Waals surface area (Å²) in [4.78, 5) is 26.1. The Morgan fingerprint density at radius 2 is 1.84 bits per heavy atom. The number of pyridine rings is 2. The fraction of sp³-hybridized carbons (Fsp3) is 0.542. The maximum atomic E-state index is 12.4. The number of carbonyl (C=O) groups is 1. The molecule has 7 heteroatoms. The van der Waals surface area contributed by atoms with Crippen LogP contribution in [0.25, 0.3) is 0 Å². The van der Waals surface area contributed by atoms with Crippen molar-refractivity contribution >= 4 is 17.4 Å². The van der Waals surface area contributed by atoms with Crippen molar-refractivity contribution in [2.45, 2.75) is 39.0 Å². The third-order valence-corrected chi connectivity index (χ3v) is 6.15. The van der Waals surface area contributed by atoms with Gasteiger partial charge in [-0.1, -0.05) is 6.07 Å². The van der Waals surface area contributed by atoms with E-state index in [0.717, 1.165) is 74.2 Å². The molecule has 4 heterocycles. The summed E-state index contributed by atoms with van der Waals surface area (Å²) in [5.41, 5.74) is 4.21. The second kappa shape index (κ2) is 10.2. The Hall–Kier alpha value is -2.51. The van der Waals surface area contributed by atoms with Crippen LogP contribution in [0, 0.1) is 13.8 Å². The molecule has 0 spiro atoms. The van der Waals surface area contributed by atoms with E-state index in [1.165, 1.54) is 0 Å². The molecule has 2 aliphatic heterocycles. The SMILES string of the molecule is Cc1cccc(Nc2cc(C)nc(C3CCN(CCC(=O)N4CCOCC4)CC3)c2)n1. The van der Waals surface area contributed by atoms with Gasteiger partial charge in [0.1, 0.15) is 5.82 Å². The zero-order valence-electron chi connectivity index (χ0n) is 18.6. The molecule has 0 aliphatic carbocycles. The van der Waals surface area contributed by atoms with Gasteiger partial charge >= 0.3 is 0 Å². The van der Waals surface area contributed by atoms with Crippen LogP contribution in [0.5, 0.6) is 0 Å². The van der Waals surface area contributed by atoms with Gasteiger partial charge in [-0.2, -0.15) is 0 Å². The van der Waals surface area contributed by atoms with Gasteiger partial charge in [-0.15, -0.1) is 0 Å². The predicted molar refractivity (Wildman–Crippen MR) is 122 cm³/mol. The van der Waals surface area contributed by atoms with Crippen LogP contribution in [0.3, 0.4) is 0 Å². The summed E-state index contributed by atoms with van der Waals surface area (Å²) < 4.78 is 5.34. The molecule has 2 saturated heterocycles. The number of morpholine rings is 1. The van der Waals surface area contributed by atoms with Crippen LogP contribution in [-0.4, -0.2) is 71.6 Å². The molecule has 166 valence electrons. The molecule has 0 bridgehead atoms. The highest BCUT2D eigenvalue weighted by Crippen LogP contribution is 2.29. The van der Waals surface area contributed by atoms with E-state index in [2.05, 4.69) is 27.3 Å². The number of nitrogens with zero attached hydrogens (tertiary/aromatic N) is 4. The minimum absolute atomic E-state index is 0.256. The predicted octanol–water partition coefficient (Wildman–Crippen LogP) is 3.27. The number of likely N-dealkylation sites (tertiary alicyclic amines) is 1.